The van der Waals surface area contributed by atoms with Gasteiger partial charge in [0, 0.05) is 37.4 Å². The second-order valence-electron chi connectivity index (χ2n) is 9.21. The number of hydrogen-bond acceptors (Lipinski definition) is 7. The molecule has 4 heterocycles. The summed E-state index contributed by atoms with van der Waals surface area (Å²) in [4.78, 5) is 32.3. The minimum Gasteiger partial charge on any atom is -0.372 e. The number of carbonyl (C=O) groups excluding carboxylic acids is 1. The lowest BCUT2D eigenvalue weighted by Gasteiger charge is -2.43. The number of aromatic nitrogens is 4. The number of ether oxygens (including phenoxy) is 1. The van der Waals surface area contributed by atoms with Gasteiger partial charge in [-0.05, 0) is 38.1 Å². The van der Waals surface area contributed by atoms with Gasteiger partial charge in [0.25, 0.3) is 5.91 Å². The number of amides is 1. The fraction of sp³-hybridized carbons (Fsp3) is 0.375. The van der Waals surface area contributed by atoms with Crippen LogP contribution >= 0.6 is 11.6 Å². The van der Waals surface area contributed by atoms with Gasteiger partial charge < -0.3 is 15.0 Å². The Labute approximate surface area is 232 Å². The maximum Gasteiger partial charge on any atom is 0.417 e. The molecule has 1 N–H and O–H groups in total. The van der Waals surface area contributed by atoms with Crippen LogP contribution in [0.5, 0.6) is 0 Å². The summed E-state index contributed by atoms with van der Waals surface area (Å²) in [6.45, 7) is 3.83. The molecule has 1 aliphatic rings. The van der Waals surface area contributed by atoms with Crippen molar-refractivity contribution < 1.29 is 22.7 Å². The van der Waals surface area contributed by atoms with Crippen LogP contribution in [0.1, 0.15) is 35.6 Å². The Hall–Kier alpha value is -3.12. The summed E-state index contributed by atoms with van der Waals surface area (Å²) in [5.74, 6) is -0.217. The van der Waals surface area contributed by atoms with E-state index in [1.165, 1.54) is 18.5 Å². The molecule has 3 aromatic heterocycles. The van der Waals surface area contributed by atoms with E-state index in [9.17, 15) is 18.0 Å². The highest BCUT2D eigenvalue weighted by Crippen LogP contribution is 2.33. The maximum absolute atomic E-state index is 14.0. The van der Waals surface area contributed by atoms with E-state index >= 15 is 0 Å². The molecule has 1 amide bonds. The Morgan fingerprint density at radius 1 is 1.18 bits per heavy atom. The van der Waals surface area contributed by atoms with Crippen LogP contribution in [0.15, 0.2) is 42.9 Å². The number of hydrogen-bond donors (Lipinski definition) is 1. The maximum atomic E-state index is 14.0. The molecule has 0 bridgehead atoms. The fourth-order valence-corrected chi connectivity index (χ4v) is 4.45. The first kappa shape index (κ1) is 28.9. The van der Waals surface area contributed by atoms with Gasteiger partial charge in [-0.3, -0.25) is 4.79 Å². The predicted molar refractivity (Wildman–Crippen MR) is 142 cm³/mol. The lowest BCUT2D eigenvalue weighted by molar-refractivity contribution is -0.137. The third kappa shape index (κ3) is 6.55. The largest absolute Gasteiger partial charge is 0.417 e. The SMILES string of the molecule is [B]C([B])([B])c1ccc(-c2ncccn2)c(C(=O)N2CC(C)OC(C)C2CNc2ncc(C(F)(F)F)cc2Cl)n1. The number of morpholine rings is 1. The molecular weight excluding hydrogens is 529 g/mol. The van der Waals surface area contributed by atoms with E-state index in [0.717, 1.165) is 6.07 Å². The van der Waals surface area contributed by atoms with E-state index in [1.54, 1.807) is 24.0 Å². The van der Waals surface area contributed by atoms with Crippen LogP contribution in [-0.2, 0) is 16.0 Å². The molecule has 3 atom stereocenters. The summed E-state index contributed by atoms with van der Waals surface area (Å²) < 4.78 is 45.0. The average molecular weight is 550 g/mol. The van der Waals surface area contributed by atoms with Gasteiger partial charge in [0.15, 0.2) is 5.82 Å². The summed E-state index contributed by atoms with van der Waals surface area (Å²) in [5.41, 5.74) is -0.605. The first-order chi connectivity index (χ1) is 18.3. The summed E-state index contributed by atoms with van der Waals surface area (Å²) in [6, 6.07) is 4.87. The number of nitrogens with zero attached hydrogens (tertiary/aromatic N) is 5. The Morgan fingerprint density at radius 3 is 2.49 bits per heavy atom. The molecule has 196 valence electrons. The van der Waals surface area contributed by atoms with Gasteiger partial charge in [0.05, 0.1) is 57.9 Å². The van der Waals surface area contributed by atoms with E-state index in [2.05, 4.69) is 25.3 Å². The minimum atomic E-state index is -4.59. The van der Waals surface area contributed by atoms with Crippen LogP contribution in [-0.4, -0.2) is 85.6 Å². The van der Waals surface area contributed by atoms with E-state index in [0.29, 0.717) is 11.8 Å². The molecule has 39 heavy (non-hydrogen) atoms. The van der Waals surface area contributed by atoms with Crippen LogP contribution in [0.3, 0.4) is 0 Å². The first-order valence-electron chi connectivity index (χ1n) is 11.8. The van der Waals surface area contributed by atoms with Gasteiger partial charge in [0.1, 0.15) is 11.5 Å². The zero-order chi connectivity index (χ0) is 28.5. The van der Waals surface area contributed by atoms with E-state index in [-0.39, 0.29) is 47.2 Å². The number of nitrogens with one attached hydrogen (secondary N) is 1. The first-order valence-corrected chi connectivity index (χ1v) is 12.2. The third-order valence-corrected chi connectivity index (χ3v) is 6.39. The molecule has 1 saturated heterocycles. The lowest BCUT2D eigenvalue weighted by Crippen LogP contribution is -2.58. The topological polar surface area (TPSA) is 93.1 Å². The van der Waals surface area contributed by atoms with Crippen molar-refractivity contribution >= 4 is 46.9 Å². The van der Waals surface area contributed by atoms with Crippen molar-refractivity contribution in [3.63, 3.8) is 0 Å². The molecule has 8 nitrogen and oxygen atoms in total. The molecule has 0 saturated carbocycles. The highest BCUT2D eigenvalue weighted by molar-refractivity contribution is 6.58. The Balaban J connectivity index is 1.68. The second kappa shape index (κ2) is 11.2. The van der Waals surface area contributed by atoms with Crippen molar-refractivity contribution in [3.8, 4) is 11.4 Å². The van der Waals surface area contributed by atoms with Gasteiger partial charge in [-0.15, -0.1) is 0 Å². The van der Waals surface area contributed by atoms with Crippen LogP contribution < -0.4 is 5.32 Å². The number of alkyl halides is 3. The average Bonchev–Trinajstić information content (AvgIpc) is 2.87. The molecule has 6 radical (unpaired) electrons. The quantitative estimate of drug-likeness (QED) is 0.472. The molecule has 0 spiro atoms. The Kier molecular flexibility index (Phi) is 8.27. The fourth-order valence-electron chi connectivity index (χ4n) is 4.22. The Bertz CT molecular complexity index is 1350. The van der Waals surface area contributed by atoms with Gasteiger partial charge >= 0.3 is 6.18 Å². The summed E-state index contributed by atoms with van der Waals surface area (Å²) in [7, 11) is 17.5. The highest BCUT2D eigenvalue weighted by Gasteiger charge is 2.38. The van der Waals surface area contributed by atoms with Crippen molar-refractivity contribution in [2.45, 2.75) is 43.4 Å². The molecule has 3 aromatic rings. The number of carbonyl (C=O) groups is 1. The molecule has 0 aliphatic carbocycles. The minimum absolute atomic E-state index is 0.0265. The van der Waals surface area contributed by atoms with Crippen LogP contribution in [0.25, 0.3) is 11.4 Å². The molecule has 4 rings (SSSR count). The van der Waals surface area contributed by atoms with Crippen LogP contribution in [0.2, 0.25) is 5.02 Å². The van der Waals surface area contributed by atoms with Crippen LogP contribution in [0.4, 0.5) is 19.0 Å². The van der Waals surface area contributed by atoms with E-state index in [1.807, 2.05) is 6.92 Å². The third-order valence-electron chi connectivity index (χ3n) is 6.10. The molecule has 15 heteroatoms. The molecule has 1 fully saturated rings. The normalized spacial score (nSPS) is 20.1. The van der Waals surface area contributed by atoms with Gasteiger partial charge in [-0.2, -0.15) is 13.2 Å². The van der Waals surface area contributed by atoms with E-state index < -0.39 is 34.9 Å². The van der Waals surface area contributed by atoms with E-state index in [4.69, 9.17) is 39.9 Å². The number of pyridine rings is 2. The summed E-state index contributed by atoms with van der Waals surface area (Å²) in [6.07, 6.45) is -1.66. The molecular formula is C24H21B3ClF3N6O2. The van der Waals surface area contributed by atoms with Gasteiger partial charge in [0.2, 0.25) is 0 Å². The van der Waals surface area contributed by atoms with Gasteiger partial charge in [-0.1, -0.05) is 16.7 Å². The molecule has 3 unspecified atom stereocenters. The zero-order valence-corrected chi connectivity index (χ0v) is 21.7. The highest BCUT2D eigenvalue weighted by atomic mass is 35.5. The molecule has 1 aliphatic heterocycles. The smallest absolute Gasteiger partial charge is 0.372 e. The number of halogens is 4. The summed E-state index contributed by atoms with van der Waals surface area (Å²) in [5, 5.41) is 0.900. The van der Waals surface area contributed by atoms with Crippen molar-refractivity contribution in [1.29, 1.82) is 0 Å². The standard InChI is InChI=1S/C24H21B3ClF3N6O2/c1-12-11-37(17(13(2)39-12)10-35-21-16(28)8-14(9-34-21)24(29,30)31)22(38)19-15(20-32-6-3-7-33-20)4-5-18(36-19)23(25,26)27/h3-9,12-13,17H,10-11H2,1-2H3,(H,34,35). The van der Waals surface area contributed by atoms with Crippen molar-refractivity contribution in [2.24, 2.45) is 0 Å². The molecule has 0 aromatic carbocycles. The number of anilines is 1. The zero-order valence-electron chi connectivity index (χ0n) is 21.0. The summed E-state index contributed by atoms with van der Waals surface area (Å²) >= 11 is 6.06. The second-order valence-corrected chi connectivity index (χ2v) is 9.62. The van der Waals surface area contributed by atoms with Crippen LogP contribution in [0, 0.1) is 0 Å². The number of rotatable bonds is 6. The lowest BCUT2D eigenvalue weighted by atomic mass is 9.41. The monoisotopic (exact) mass is 550 g/mol. The van der Waals surface area contributed by atoms with Crippen molar-refractivity contribution in [1.82, 2.24) is 24.8 Å². The van der Waals surface area contributed by atoms with Crippen molar-refractivity contribution in [3.05, 3.63) is 64.8 Å². The Morgan fingerprint density at radius 2 is 1.87 bits per heavy atom. The predicted octanol–water partition coefficient (Wildman–Crippen LogP) is 2.95. The van der Waals surface area contributed by atoms with Crippen molar-refractivity contribution in [2.75, 3.05) is 18.4 Å². The van der Waals surface area contributed by atoms with Gasteiger partial charge in [-0.25, -0.2) is 19.9 Å².